The van der Waals surface area contributed by atoms with Gasteiger partial charge in [-0.05, 0) is 18.4 Å². The van der Waals surface area contributed by atoms with Gasteiger partial charge < -0.3 is 25.5 Å². The van der Waals surface area contributed by atoms with Crippen molar-refractivity contribution in [3.63, 3.8) is 0 Å². The van der Waals surface area contributed by atoms with Crippen LogP contribution in [0.25, 0.3) is 0 Å². The van der Waals surface area contributed by atoms with E-state index in [9.17, 15) is 4.79 Å². The number of nitrogen functional groups attached to an aromatic ring is 1. The monoisotopic (exact) mass is 338 g/mol. The zero-order valence-electron chi connectivity index (χ0n) is 12.0. The van der Waals surface area contributed by atoms with Gasteiger partial charge in [0, 0.05) is 16.8 Å². The first-order valence-electron chi connectivity index (χ1n) is 6.28. The van der Waals surface area contributed by atoms with Gasteiger partial charge in [-0.3, -0.25) is 4.79 Å². The molecule has 0 unspecified atom stereocenters. The molecule has 0 saturated heterocycles. The number of carbonyl (C=O) groups excluding carboxylic acids is 1. The van der Waals surface area contributed by atoms with Crippen LogP contribution >= 0.6 is 23.5 Å². The van der Waals surface area contributed by atoms with E-state index >= 15 is 0 Å². The van der Waals surface area contributed by atoms with Gasteiger partial charge >= 0.3 is 0 Å². The number of fused-ring (bicyclic) bond motifs is 1. The van der Waals surface area contributed by atoms with E-state index in [1.54, 1.807) is 23.4 Å². The molecule has 0 aliphatic carbocycles. The maximum Gasteiger partial charge on any atom is 0.271 e. The molecule has 0 bridgehead atoms. The lowest BCUT2D eigenvalue weighted by molar-refractivity contribution is 0.0996. The summed E-state index contributed by atoms with van der Waals surface area (Å²) in [6, 6.07) is 3.82. The minimum atomic E-state index is -0.643. The second-order valence-electron chi connectivity index (χ2n) is 4.51. The third-order valence-corrected chi connectivity index (χ3v) is 5.20. The average Bonchev–Trinajstić information content (AvgIpc) is 3.05. The Labute approximate surface area is 135 Å². The van der Waals surface area contributed by atoms with Crippen molar-refractivity contribution in [3.8, 4) is 11.5 Å². The van der Waals surface area contributed by atoms with Crippen LogP contribution in [0.15, 0.2) is 27.1 Å². The number of nitrogens with two attached hydrogens (primary N) is 2. The van der Waals surface area contributed by atoms with Crippen LogP contribution in [0.3, 0.4) is 0 Å². The summed E-state index contributed by atoms with van der Waals surface area (Å²) >= 11 is 2.98. The van der Waals surface area contributed by atoms with Gasteiger partial charge in [-0.15, -0.1) is 11.8 Å². The number of hydrogen-bond donors (Lipinski definition) is 2. The van der Waals surface area contributed by atoms with E-state index in [0.29, 0.717) is 10.9 Å². The number of anilines is 1. The zero-order valence-corrected chi connectivity index (χ0v) is 13.6. The van der Waals surface area contributed by atoms with Crippen molar-refractivity contribution in [1.29, 1.82) is 0 Å². The Kier molecular flexibility index (Phi) is 3.83. The largest absolute Gasteiger partial charge is 0.454 e. The highest BCUT2D eigenvalue weighted by molar-refractivity contribution is 8.02. The van der Waals surface area contributed by atoms with Gasteiger partial charge in [0.1, 0.15) is 5.82 Å². The number of ether oxygens (including phenoxy) is 2. The summed E-state index contributed by atoms with van der Waals surface area (Å²) in [4.78, 5) is 17.5. The highest BCUT2D eigenvalue weighted by Crippen LogP contribution is 2.43. The van der Waals surface area contributed by atoms with Crippen molar-refractivity contribution in [2.24, 2.45) is 12.8 Å². The Bertz CT molecular complexity index is 760. The van der Waals surface area contributed by atoms with Crippen LogP contribution < -0.4 is 20.9 Å². The molecule has 1 aliphatic heterocycles. The molecule has 9 heteroatoms. The lowest BCUT2D eigenvalue weighted by atomic mass is 10.3. The van der Waals surface area contributed by atoms with Gasteiger partial charge in [-0.25, -0.2) is 4.98 Å². The van der Waals surface area contributed by atoms with Crippen molar-refractivity contribution >= 4 is 35.2 Å². The molecule has 2 aromatic rings. The first kappa shape index (κ1) is 14.9. The quantitative estimate of drug-likeness (QED) is 0.817. The lowest BCUT2D eigenvalue weighted by Crippen LogP contribution is -2.14. The van der Waals surface area contributed by atoms with E-state index in [4.69, 9.17) is 20.9 Å². The van der Waals surface area contributed by atoms with Crippen molar-refractivity contribution in [1.82, 2.24) is 9.55 Å². The fourth-order valence-corrected chi connectivity index (χ4v) is 3.76. The number of rotatable bonds is 4. The molecule has 4 N–H and O–H groups in total. The zero-order chi connectivity index (χ0) is 15.9. The molecule has 0 saturated carbocycles. The van der Waals surface area contributed by atoms with Crippen molar-refractivity contribution in [2.75, 3.05) is 18.8 Å². The number of amides is 1. The maximum absolute atomic E-state index is 11.3. The molecule has 0 atom stereocenters. The number of nitrogens with zero attached hydrogens (tertiary/aromatic N) is 2. The average molecular weight is 338 g/mol. The first-order valence-corrected chi connectivity index (χ1v) is 8.33. The molecule has 1 aromatic carbocycles. The smallest absolute Gasteiger partial charge is 0.271 e. The van der Waals surface area contributed by atoms with Crippen LogP contribution in [0.1, 0.15) is 10.5 Å². The lowest BCUT2D eigenvalue weighted by Gasteiger charge is -2.08. The summed E-state index contributed by atoms with van der Waals surface area (Å²) in [6.45, 7) is 0.221. The third kappa shape index (κ3) is 2.46. The van der Waals surface area contributed by atoms with E-state index in [-0.39, 0.29) is 18.3 Å². The third-order valence-electron chi connectivity index (χ3n) is 3.19. The van der Waals surface area contributed by atoms with E-state index in [0.717, 1.165) is 15.5 Å². The molecule has 2 heterocycles. The predicted molar refractivity (Wildman–Crippen MR) is 84.6 cm³/mol. The molecule has 7 nitrogen and oxygen atoms in total. The van der Waals surface area contributed by atoms with Gasteiger partial charge in [0.25, 0.3) is 5.91 Å². The Morgan fingerprint density at radius 3 is 2.50 bits per heavy atom. The van der Waals surface area contributed by atoms with Crippen LogP contribution in [-0.4, -0.2) is 28.5 Å². The summed E-state index contributed by atoms with van der Waals surface area (Å²) in [5.41, 5.74) is 11.2. The molecule has 1 aromatic heterocycles. The molecule has 22 heavy (non-hydrogen) atoms. The Morgan fingerprint density at radius 2 is 1.95 bits per heavy atom. The topological polar surface area (TPSA) is 105 Å². The molecule has 0 fully saturated rings. The Balaban J connectivity index is 2.00. The summed E-state index contributed by atoms with van der Waals surface area (Å²) in [5, 5.41) is 0.584. The van der Waals surface area contributed by atoms with Gasteiger partial charge in [0.15, 0.2) is 22.3 Å². The summed E-state index contributed by atoms with van der Waals surface area (Å²) in [7, 11) is 1.74. The summed E-state index contributed by atoms with van der Waals surface area (Å²) in [5.74, 6) is 1.03. The Hall–Kier alpha value is -2.00. The molecular formula is C13H14N4O3S2. The van der Waals surface area contributed by atoms with Gasteiger partial charge in [-0.1, -0.05) is 11.8 Å². The van der Waals surface area contributed by atoms with Crippen LogP contribution in [0.4, 0.5) is 5.82 Å². The predicted octanol–water partition coefficient (Wildman–Crippen LogP) is 1.70. The minimum absolute atomic E-state index is 0.0800. The molecule has 1 aliphatic rings. The van der Waals surface area contributed by atoms with Crippen LogP contribution in [0, 0.1) is 0 Å². The van der Waals surface area contributed by atoms with E-state index < -0.39 is 5.91 Å². The molecular weight excluding hydrogens is 324 g/mol. The van der Waals surface area contributed by atoms with Crippen LogP contribution in [0.2, 0.25) is 0 Å². The van der Waals surface area contributed by atoms with Crippen molar-refractivity contribution in [2.45, 2.75) is 14.9 Å². The molecule has 1 amide bonds. The Morgan fingerprint density at radius 1 is 1.32 bits per heavy atom. The molecule has 116 valence electrons. The second-order valence-corrected chi connectivity index (χ2v) is 6.37. The normalized spacial score (nSPS) is 12.6. The van der Waals surface area contributed by atoms with Crippen LogP contribution in [-0.2, 0) is 7.05 Å². The van der Waals surface area contributed by atoms with E-state index in [2.05, 4.69) is 4.98 Å². The number of hydrogen-bond acceptors (Lipinski definition) is 7. The van der Waals surface area contributed by atoms with E-state index in [1.165, 1.54) is 11.8 Å². The number of thioether (sulfide) groups is 1. The number of primary amides is 1. The summed E-state index contributed by atoms with van der Waals surface area (Å²) in [6.07, 6.45) is 1.98. The molecule has 3 rings (SSSR count). The molecule has 0 radical (unpaired) electrons. The number of benzene rings is 1. The highest BCUT2D eigenvalue weighted by Gasteiger charge is 2.21. The first-order chi connectivity index (χ1) is 10.5. The number of aromatic nitrogens is 2. The fraction of sp³-hybridized carbons (Fsp3) is 0.231. The van der Waals surface area contributed by atoms with E-state index in [1.807, 2.05) is 18.4 Å². The highest BCUT2D eigenvalue weighted by atomic mass is 32.2. The standard InChI is InChI=1S/C13H14N4O3S2/c1-17-11(14)10(12(15)18)16-13(17)22-9-4-7-6(19-5-20-7)3-8(9)21-2/h3-4H,5,14H2,1-2H3,(H2,15,18). The summed E-state index contributed by atoms with van der Waals surface area (Å²) < 4.78 is 12.4. The number of carbonyl (C=O) groups is 1. The van der Waals surface area contributed by atoms with Gasteiger partial charge in [0.05, 0.1) is 0 Å². The fourth-order valence-electron chi connectivity index (χ4n) is 2.00. The molecule has 0 spiro atoms. The van der Waals surface area contributed by atoms with Gasteiger partial charge in [-0.2, -0.15) is 0 Å². The maximum atomic E-state index is 11.3. The SMILES string of the molecule is CSc1cc2c(cc1Sc1nc(C(N)=O)c(N)n1C)OCO2. The minimum Gasteiger partial charge on any atom is -0.454 e. The number of imidazole rings is 1. The van der Waals surface area contributed by atoms with Crippen LogP contribution in [0.5, 0.6) is 11.5 Å². The van der Waals surface area contributed by atoms with Crippen molar-refractivity contribution in [3.05, 3.63) is 17.8 Å². The van der Waals surface area contributed by atoms with Gasteiger partial charge in [0.2, 0.25) is 6.79 Å². The second kappa shape index (κ2) is 5.65. The van der Waals surface area contributed by atoms with Crippen molar-refractivity contribution < 1.29 is 14.3 Å².